The lowest BCUT2D eigenvalue weighted by atomic mass is 10.1. The van der Waals surface area contributed by atoms with Crippen LogP contribution in [0.3, 0.4) is 0 Å². The second-order valence-electron chi connectivity index (χ2n) is 4.14. The maximum absolute atomic E-state index is 11.8. The van der Waals surface area contributed by atoms with Crippen LogP contribution < -0.4 is 0 Å². The minimum absolute atomic E-state index is 0.0295. The molecule has 1 aromatic rings. The van der Waals surface area contributed by atoms with Gasteiger partial charge in [-0.3, -0.25) is 14.9 Å². The highest BCUT2D eigenvalue weighted by atomic mass is 16.6. The number of nitro groups is 1. The molecule has 18 heavy (non-hydrogen) atoms. The van der Waals surface area contributed by atoms with Crippen molar-refractivity contribution in [3.8, 4) is 0 Å². The second kappa shape index (κ2) is 6.11. The van der Waals surface area contributed by atoms with E-state index >= 15 is 0 Å². The summed E-state index contributed by atoms with van der Waals surface area (Å²) in [6.45, 7) is 1.61. The molecule has 0 aliphatic rings. The quantitative estimate of drug-likeness (QED) is 0.625. The molecule has 6 nitrogen and oxygen atoms in total. The monoisotopic (exact) mass is 252 g/mol. The summed E-state index contributed by atoms with van der Waals surface area (Å²) in [5, 5.41) is 19.6. The molecule has 0 bridgehead atoms. The Morgan fingerprint density at radius 1 is 1.56 bits per heavy atom. The zero-order valence-electron chi connectivity index (χ0n) is 10.4. The molecule has 0 saturated carbocycles. The summed E-state index contributed by atoms with van der Waals surface area (Å²) in [4.78, 5) is 23.4. The maximum atomic E-state index is 11.8. The number of benzene rings is 1. The number of non-ortho nitro benzene ring substituents is 1. The normalized spacial score (nSPS) is 11.9. The number of rotatable bonds is 5. The van der Waals surface area contributed by atoms with Gasteiger partial charge in [0.1, 0.15) is 0 Å². The molecule has 0 aliphatic carbocycles. The molecule has 1 unspecified atom stereocenters. The van der Waals surface area contributed by atoms with Crippen molar-refractivity contribution in [2.24, 2.45) is 0 Å². The zero-order valence-corrected chi connectivity index (χ0v) is 10.4. The van der Waals surface area contributed by atoms with Crippen molar-refractivity contribution in [2.75, 3.05) is 13.7 Å². The molecule has 1 aromatic carbocycles. The SMILES string of the molecule is CC(CO)N(C)C(=O)Cc1cccc([N+](=O)[O-])c1. The van der Waals surface area contributed by atoms with Gasteiger partial charge in [0.15, 0.2) is 0 Å². The largest absolute Gasteiger partial charge is 0.394 e. The predicted molar refractivity (Wildman–Crippen MR) is 66.1 cm³/mol. The van der Waals surface area contributed by atoms with Crippen molar-refractivity contribution in [1.82, 2.24) is 4.90 Å². The highest BCUT2D eigenvalue weighted by Crippen LogP contribution is 2.14. The maximum Gasteiger partial charge on any atom is 0.269 e. The van der Waals surface area contributed by atoms with E-state index in [1.54, 1.807) is 26.1 Å². The number of aliphatic hydroxyl groups excluding tert-OH is 1. The number of likely N-dealkylation sites (N-methyl/N-ethyl adjacent to an activating group) is 1. The average molecular weight is 252 g/mol. The summed E-state index contributed by atoms with van der Waals surface area (Å²) >= 11 is 0. The van der Waals surface area contributed by atoms with Gasteiger partial charge in [-0.2, -0.15) is 0 Å². The molecule has 98 valence electrons. The van der Waals surface area contributed by atoms with Crippen LogP contribution in [0.15, 0.2) is 24.3 Å². The van der Waals surface area contributed by atoms with E-state index < -0.39 is 4.92 Å². The van der Waals surface area contributed by atoms with E-state index in [0.29, 0.717) is 5.56 Å². The average Bonchev–Trinajstić information content (AvgIpc) is 2.37. The minimum atomic E-state index is -0.492. The van der Waals surface area contributed by atoms with Crippen LogP contribution in [0.5, 0.6) is 0 Å². The smallest absolute Gasteiger partial charge is 0.269 e. The highest BCUT2D eigenvalue weighted by Gasteiger charge is 2.16. The molecule has 1 atom stereocenters. The van der Waals surface area contributed by atoms with Crippen molar-refractivity contribution in [2.45, 2.75) is 19.4 Å². The number of nitro benzene ring substituents is 1. The van der Waals surface area contributed by atoms with Gasteiger partial charge >= 0.3 is 0 Å². The Bertz CT molecular complexity index is 447. The molecule has 0 heterocycles. The van der Waals surface area contributed by atoms with Gasteiger partial charge in [-0.1, -0.05) is 12.1 Å². The van der Waals surface area contributed by atoms with E-state index in [-0.39, 0.29) is 30.7 Å². The van der Waals surface area contributed by atoms with Crippen LogP contribution in [0.2, 0.25) is 0 Å². The first-order chi connectivity index (χ1) is 8.45. The molecule has 1 N–H and O–H groups in total. The molecule has 6 heteroatoms. The van der Waals surface area contributed by atoms with Crippen LogP contribution in [-0.2, 0) is 11.2 Å². The number of nitrogens with zero attached hydrogens (tertiary/aromatic N) is 2. The van der Waals surface area contributed by atoms with Gasteiger partial charge in [0, 0.05) is 19.2 Å². The number of aliphatic hydroxyl groups is 1. The molecule has 1 amide bonds. The Kier molecular flexibility index (Phi) is 4.79. The first-order valence-electron chi connectivity index (χ1n) is 5.55. The van der Waals surface area contributed by atoms with Gasteiger partial charge in [0.05, 0.1) is 24.0 Å². The molecule has 1 rings (SSSR count). The zero-order chi connectivity index (χ0) is 13.7. The lowest BCUT2D eigenvalue weighted by molar-refractivity contribution is -0.384. The standard InChI is InChI=1S/C12H16N2O4/c1-9(8-15)13(2)12(16)7-10-4-3-5-11(6-10)14(17)18/h3-6,9,15H,7-8H2,1-2H3. The summed E-state index contributed by atoms with van der Waals surface area (Å²) in [7, 11) is 1.60. The Labute approximate surface area is 105 Å². The molecule has 0 fully saturated rings. The summed E-state index contributed by atoms with van der Waals surface area (Å²) in [6, 6.07) is 5.72. The Balaban J connectivity index is 2.76. The van der Waals surface area contributed by atoms with E-state index in [2.05, 4.69) is 0 Å². The Morgan fingerprint density at radius 3 is 2.78 bits per heavy atom. The Morgan fingerprint density at radius 2 is 2.22 bits per heavy atom. The van der Waals surface area contributed by atoms with Gasteiger partial charge in [-0.05, 0) is 12.5 Å². The number of hydrogen-bond donors (Lipinski definition) is 1. The first kappa shape index (κ1) is 14.1. The van der Waals surface area contributed by atoms with Crippen LogP contribution in [-0.4, -0.2) is 40.5 Å². The van der Waals surface area contributed by atoms with E-state index in [4.69, 9.17) is 5.11 Å². The van der Waals surface area contributed by atoms with Crippen LogP contribution in [0, 0.1) is 10.1 Å². The van der Waals surface area contributed by atoms with Crippen LogP contribution in [0.25, 0.3) is 0 Å². The second-order valence-corrected chi connectivity index (χ2v) is 4.14. The summed E-state index contributed by atoms with van der Waals surface area (Å²) < 4.78 is 0. The van der Waals surface area contributed by atoms with Gasteiger partial charge in [-0.25, -0.2) is 0 Å². The lowest BCUT2D eigenvalue weighted by Gasteiger charge is -2.23. The number of carbonyl (C=O) groups is 1. The molecule has 0 radical (unpaired) electrons. The van der Waals surface area contributed by atoms with E-state index in [0.717, 1.165) is 0 Å². The third-order valence-corrected chi connectivity index (χ3v) is 2.80. The van der Waals surface area contributed by atoms with Crippen molar-refractivity contribution in [3.05, 3.63) is 39.9 Å². The minimum Gasteiger partial charge on any atom is -0.394 e. The van der Waals surface area contributed by atoms with Gasteiger partial charge in [0.2, 0.25) is 5.91 Å². The summed E-state index contributed by atoms with van der Waals surface area (Å²) in [6.07, 6.45) is 0.0858. The molecule has 0 spiro atoms. The third-order valence-electron chi connectivity index (χ3n) is 2.80. The van der Waals surface area contributed by atoms with Crippen molar-refractivity contribution >= 4 is 11.6 Å². The summed E-state index contributed by atoms with van der Waals surface area (Å²) in [5.74, 6) is -0.183. The number of carbonyl (C=O) groups excluding carboxylic acids is 1. The predicted octanol–water partition coefficient (Wildman–Crippen LogP) is 0.976. The summed E-state index contributed by atoms with van der Waals surface area (Å²) in [5.41, 5.74) is 0.560. The van der Waals surface area contributed by atoms with E-state index in [1.165, 1.54) is 17.0 Å². The van der Waals surface area contributed by atoms with Gasteiger partial charge < -0.3 is 10.0 Å². The fourth-order valence-corrected chi connectivity index (χ4v) is 1.45. The fraction of sp³-hybridized carbons (Fsp3) is 0.417. The topological polar surface area (TPSA) is 83.7 Å². The highest BCUT2D eigenvalue weighted by molar-refractivity contribution is 5.79. The third kappa shape index (κ3) is 3.53. The fourth-order valence-electron chi connectivity index (χ4n) is 1.45. The van der Waals surface area contributed by atoms with Crippen LogP contribution in [0.1, 0.15) is 12.5 Å². The number of hydrogen-bond acceptors (Lipinski definition) is 4. The molecule has 0 aromatic heterocycles. The number of amides is 1. The van der Waals surface area contributed by atoms with Gasteiger partial charge in [-0.15, -0.1) is 0 Å². The van der Waals surface area contributed by atoms with Crippen molar-refractivity contribution < 1.29 is 14.8 Å². The van der Waals surface area contributed by atoms with Crippen molar-refractivity contribution in [1.29, 1.82) is 0 Å². The van der Waals surface area contributed by atoms with Gasteiger partial charge in [0.25, 0.3) is 5.69 Å². The first-order valence-corrected chi connectivity index (χ1v) is 5.55. The van der Waals surface area contributed by atoms with E-state index in [9.17, 15) is 14.9 Å². The van der Waals surface area contributed by atoms with Crippen molar-refractivity contribution in [3.63, 3.8) is 0 Å². The molecule has 0 aliphatic heterocycles. The molecule has 0 saturated heterocycles. The lowest BCUT2D eigenvalue weighted by Crippen LogP contribution is -2.38. The van der Waals surface area contributed by atoms with Crippen LogP contribution in [0.4, 0.5) is 5.69 Å². The Hall–Kier alpha value is -1.95. The molecular formula is C12H16N2O4. The van der Waals surface area contributed by atoms with E-state index in [1.807, 2.05) is 0 Å². The van der Waals surface area contributed by atoms with Crippen LogP contribution >= 0.6 is 0 Å². The molecular weight excluding hydrogens is 236 g/mol.